The number of nitrogens with one attached hydrogen (secondary N) is 3. The number of hydrogen-bond acceptors (Lipinski definition) is 7. The second-order valence-electron chi connectivity index (χ2n) is 6.64. The average molecular weight is 470 g/mol. The van der Waals surface area contributed by atoms with Crippen molar-refractivity contribution in [3.8, 4) is 0 Å². The standard InChI is InChI=1S/C18H24BrN5O3S/c19-16-12-20-18(24-17(16)22-13-4-2-1-3-5-13)23-14-6-8-15(9-7-14)28(26,27)21-10-11-25/h6-9,12-13,21,25H,1-5,10-11H2,(H2,20,22,23,24). The largest absolute Gasteiger partial charge is 0.395 e. The van der Waals surface area contributed by atoms with Crippen molar-refractivity contribution >= 4 is 43.4 Å². The van der Waals surface area contributed by atoms with Gasteiger partial charge >= 0.3 is 0 Å². The van der Waals surface area contributed by atoms with Crippen LogP contribution in [0.25, 0.3) is 0 Å². The second kappa shape index (κ2) is 9.64. The number of aliphatic hydroxyl groups is 1. The van der Waals surface area contributed by atoms with Crippen molar-refractivity contribution in [1.82, 2.24) is 14.7 Å². The zero-order chi connectivity index (χ0) is 20.0. The smallest absolute Gasteiger partial charge is 0.240 e. The molecule has 2 aromatic rings. The van der Waals surface area contributed by atoms with Crippen LogP contribution >= 0.6 is 15.9 Å². The number of benzene rings is 1. The molecule has 0 saturated heterocycles. The van der Waals surface area contributed by atoms with Gasteiger partial charge < -0.3 is 15.7 Å². The number of aromatic nitrogens is 2. The molecule has 1 aliphatic carbocycles. The molecule has 1 saturated carbocycles. The molecule has 0 atom stereocenters. The van der Waals surface area contributed by atoms with Crippen LogP contribution in [0.3, 0.4) is 0 Å². The molecule has 28 heavy (non-hydrogen) atoms. The molecule has 8 nitrogen and oxygen atoms in total. The van der Waals surface area contributed by atoms with Gasteiger partial charge in [0.1, 0.15) is 5.82 Å². The highest BCUT2D eigenvalue weighted by molar-refractivity contribution is 9.10. The molecule has 0 bridgehead atoms. The number of anilines is 3. The lowest BCUT2D eigenvalue weighted by atomic mass is 9.95. The van der Waals surface area contributed by atoms with E-state index >= 15 is 0 Å². The third-order valence-corrected chi connectivity index (χ3v) is 6.57. The summed E-state index contributed by atoms with van der Waals surface area (Å²) in [5, 5.41) is 15.3. The molecule has 4 N–H and O–H groups in total. The van der Waals surface area contributed by atoms with Crippen molar-refractivity contribution in [3.63, 3.8) is 0 Å². The van der Waals surface area contributed by atoms with Crippen LogP contribution in [0.15, 0.2) is 39.8 Å². The minimum Gasteiger partial charge on any atom is -0.395 e. The number of sulfonamides is 1. The van der Waals surface area contributed by atoms with Gasteiger partial charge in [0.15, 0.2) is 0 Å². The second-order valence-corrected chi connectivity index (χ2v) is 9.26. The van der Waals surface area contributed by atoms with Gasteiger partial charge in [0.05, 0.1) is 16.0 Å². The zero-order valence-corrected chi connectivity index (χ0v) is 17.8. The average Bonchev–Trinajstić information content (AvgIpc) is 2.70. The molecule has 1 fully saturated rings. The molecule has 152 valence electrons. The highest BCUT2D eigenvalue weighted by atomic mass is 79.9. The van der Waals surface area contributed by atoms with E-state index in [1.807, 2.05) is 0 Å². The lowest BCUT2D eigenvalue weighted by molar-refractivity contribution is 0.301. The summed E-state index contributed by atoms with van der Waals surface area (Å²) in [7, 11) is -3.63. The molecule has 10 heteroatoms. The van der Waals surface area contributed by atoms with E-state index in [4.69, 9.17) is 5.11 Å². The molecule has 0 radical (unpaired) electrons. The van der Waals surface area contributed by atoms with Crippen molar-refractivity contribution in [3.05, 3.63) is 34.9 Å². The lowest BCUT2D eigenvalue weighted by Gasteiger charge is -2.23. The summed E-state index contributed by atoms with van der Waals surface area (Å²) < 4.78 is 27.2. The van der Waals surface area contributed by atoms with Gasteiger partial charge in [-0.15, -0.1) is 0 Å². The quantitative estimate of drug-likeness (QED) is 0.469. The molecular weight excluding hydrogens is 446 g/mol. The molecule has 0 amide bonds. The number of rotatable bonds is 8. The first kappa shape index (κ1) is 21.0. The fourth-order valence-corrected chi connectivity index (χ4v) is 4.41. The minimum absolute atomic E-state index is 0.0220. The minimum atomic E-state index is -3.63. The Hall–Kier alpha value is -1.75. The molecule has 0 spiro atoms. The number of aliphatic hydroxyl groups excluding tert-OH is 1. The zero-order valence-electron chi connectivity index (χ0n) is 15.4. The molecule has 1 aliphatic rings. The van der Waals surface area contributed by atoms with E-state index < -0.39 is 10.0 Å². The molecular formula is C18H24BrN5O3S. The van der Waals surface area contributed by atoms with E-state index in [2.05, 4.69) is 41.3 Å². The first-order chi connectivity index (χ1) is 13.5. The van der Waals surface area contributed by atoms with Crippen LogP contribution in [-0.2, 0) is 10.0 Å². The Balaban J connectivity index is 1.68. The number of nitrogens with zero attached hydrogens (tertiary/aromatic N) is 2. The molecule has 1 aromatic carbocycles. The first-order valence-electron chi connectivity index (χ1n) is 9.24. The Labute approximate surface area is 173 Å². The Morgan fingerprint density at radius 3 is 2.54 bits per heavy atom. The van der Waals surface area contributed by atoms with Crippen molar-refractivity contribution < 1.29 is 13.5 Å². The van der Waals surface area contributed by atoms with Gasteiger partial charge in [-0.1, -0.05) is 19.3 Å². The fraction of sp³-hybridized carbons (Fsp3) is 0.444. The van der Waals surface area contributed by atoms with E-state index in [0.717, 1.165) is 23.1 Å². The van der Waals surface area contributed by atoms with Crippen LogP contribution < -0.4 is 15.4 Å². The fourth-order valence-electron chi connectivity index (χ4n) is 3.08. The van der Waals surface area contributed by atoms with Gasteiger partial charge in [-0.05, 0) is 53.0 Å². The summed E-state index contributed by atoms with van der Waals surface area (Å²) in [5.74, 6) is 1.17. The summed E-state index contributed by atoms with van der Waals surface area (Å²) in [6.45, 7) is -0.275. The van der Waals surface area contributed by atoms with E-state index in [9.17, 15) is 8.42 Å². The van der Waals surface area contributed by atoms with E-state index in [0.29, 0.717) is 17.7 Å². The summed E-state index contributed by atoms with van der Waals surface area (Å²) in [5.41, 5.74) is 0.673. The Bertz CT molecular complexity index is 887. The first-order valence-corrected chi connectivity index (χ1v) is 11.5. The molecule has 0 aliphatic heterocycles. The summed E-state index contributed by atoms with van der Waals surface area (Å²) in [6.07, 6.45) is 7.72. The van der Waals surface area contributed by atoms with Gasteiger partial charge in [-0.25, -0.2) is 18.1 Å². The van der Waals surface area contributed by atoms with Crippen molar-refractivity contribution in [2.45, 2.75) is 43.0 Å². The summed E-state index contributed by atoms with van der Waals surface area (Å²) in [4.78, 5) is 8.93. The van der Waals surface area contributed by atoms with E-state index in [1.54, 1.807) is 18.3 Å². The van der Waals surface area contributed by atoms with Gasteiger partial charge in [-0.3, -0.25) is 0 Å². The highest BCUT2D eigenvalue weighted by Crippen LogP contribution is 2.26. The predicted octanol–water partition coefficient (Wildman–Crippen LogP) is 3.00. The van der Waals surface area contributed by atoms with Crippen LogP contribution in [-0.4, -0.2) is 42.7 Å². The lowest BCUT2D eigenvalue weighted by Crippen LogP contribution is -2.26. The highest BCUT2D eigenvalue weighted by Gasteiger charge is 2.16. The Kier molecular flexibility index (Phi) is 7.22. The van der Waals surface area contributed by atoms with Crippen molar-refractivity contribution in [2.75, 3.05) is 23.8 Å². The van der Waals surface area contributed by atoms with Crippen LogP contribution in [0.2, 0.25) is 0 Å². The predicted molar refractivity (Wildman–Crippen MR) is 112 cm³/mol. The van der Waals surface area contributed by atoms with Gasteiger partial charge in [0.25, 0.3) is 0 Å². The van der Waals surface area contributed by atoms with Crippen LogP contribution in [0, 0.1) is 0 Å². The number of hydrogen-bond donors (Lipinski definition) is 4. The summed E-state index contributed by atoms with van der Waals surface area (Å²) in [6, 6.07) is 6.69. The van der Waals surface area contributed by atoms with Gasteiger partial charge in [-0.2, -0.15) is 4.98 Å². The van der Waals surface area contributed by atoms with Crippen molar-refractivity contribution in [1.29, 1.82) is 0 Å². The maximum absolute atomic E-state index is 12.1. The van der Waals surface area contributed by atoms with Gasteiger partial charge in [0.2, 0.25) is 16.0 Å². The molecule has 0 unspecified atom stereocenters. The third kappa shape index (κ3) is 5.63. The third-order valence-electron chi connectivity index (χ3n) is 4.51. The topological polar surface area (TPSA) is 116 Å². The monoisotopic (exact) mass is 469 g/mol. The Morgan fingerprint density at radius 1 is 1.14 bits per heavy atom. The van der Waals surface area contributed by atoms with Crippen molar-refractivity contribution in [2.24, 2.45) is 0 Å². The van der Waals surface area contributed by atoms with Crippen LogP contribution in [0.1, 0.15) is 32.1 Å². The maximum Gasteiger partial charge on any atom is 0.240 e. The molecule has 3 rings (SSSR count). The van der Waals surface area contributed by atoms with Gasteiger partial charge in [0, 0.05) is 24.5 Å². The van der Waals surface area contributed by atoms with Crippen LogP contribution in [0.4, 0.5) is 17.5 Å². The maximum atomic E-state index is 12.1. The molecule has 1 heterocycles. The Morgan fingerprint density at radius 2 is 1.86 bits per heavy atom. The van der Waals surface area contributed by atoms with E-state index in [1.165, 1.54) is 31.4 Å². The number of halogens is 1. The van der Waals surface area contributed by atoms with E-state index in [-0.39, 0.29) is 18.0 Å². The molecule has 1 aromatic heterocycles. The summed E-state index contributed by atoms with van der Waals surface area (Å²) >= 11 is 3.49. The SMILES string of the molecule is O=S(=O)(NCCO)c1ccc(Nc2ncc(Br)c(NC3CCCCC3)n2)cc1. The van der Waals surface area contributed by atoms with Crippen LogP contribution in [0.5, 0.6) is 0 Å². The normalized spacial score (nSPS) is 15.4.